The minimum absolute atomic E-state index is 0.247. The molecule has 1 heterocycles. The molecule has 0 saturated carbocycles. The predicted molar refractivity (Wildman–Crippen MR) is 89.4 cm³/mol. The van der Waals surface area contributed by atoms with Gasteiger partial charge in [-0.3, -0.25) is 9.59 Å². The highest BCUT2D eigenvalue weighted by atomic mass is 19.1. The lowest BCUT2D eigenvalue weighted by atomic mass is 9.85. The molecule has 0 N–H and O–H groups in total. The van der Waals surface area contributed by atoms with Crippen LogP contribution in [0.5, 0.6) is 0 Å². The number of carbonyl (C=O) groups is 2. The summed E-state index contributed by atoms with van der Waals surface area (Å²) in [6.07, 6.45) is 1.09. The van der Waals surface area contributed by atoms with Gasteiger partial charge in [0.05, 0.1) is 0 Å². The second-order valence-electron chi connectivity index (χ2n) is 5.89. The van der Waals surface area contributed by atoms with Gasteiger partial charge in [-0.2, -0.15) is 0 Å². The van der Waals surface area contributed by atoms with Crippen molar-refractivity contribution in [1.82, 2.24) is 0 Å². The lowest BCUT2D eigenvalue weighted by molar-refractivity contribution is -0.135. The van der Waals surface area contributed by atoms with E-state index in [1.54, 1.807) is 18.2 Å². The van der Waals surface area contributed by atoms with Crippen molar-refractivity contribution >= 4 is 23.4 Å². The van der Waals surface area contributed by atoms with Crippen LogP contribution in [0.25, 0.3) is 11.8 Å². The Morgan fingerprint density at radius 2 is 1.75 bits per heavy atom. The number of benzene rings is 2. The van der Waals surface area contributed by atoms with E-state index < -0.39 is 12.0 Å². The van der Waals surface area contributed by atoms with Crippen molar-refractivity contribution in [2.24, 2.45) is 5.92 Å². The van der Waals surface area contributed by atoms with Crippen molar-refractivity contribution in [3.05, 3.63) is 71.0 Å². The van der Waals surface area contributed by atoms with Crippen LogP contribution >= 0.6 is 0 Å². The lowest BCUT2D eigenvalue weighted by Crippen LogP contribution is -2.30. The monoisotopic (exact) mass is 324 g/mol. The van der Waals surface area contributed by atoms with Gasteiger partial charge in [-0.25, -0.2) is 4.39 Å². The van der Waals surface area contributed by atoms with Gasteiger partial charge in [0.25, 0.3) is 0 Å². The van der Waals surface area contributed by atoms with Gasteiger partial charge in [0.1, 0.15) is 35.2 Å². The fourth-order valence-electron chi connectivity index (χ4n) is 3.03. The van der Waals surface area contributed by atoms with Crippen LogP contribution in [0.1, 0.15) is 36.6 Å². The fraction of sp³-hybridized carbons (Fsp3) is 0.200. The Hall–Kier alpha value is -2.75. The maximum absolute atomic E-state index is 13.5. The third kappa shape index (κ3) is 3.00. The molecule has 0 bridgehead atoms. The predicted octanol–water partition coefficient (Wildman–Crippen LogP) is 4.19. The topological polar surface area (TPSA) is 43.4 Å². The average molecular weight is 324 g/mol. The summed E-state index contributed by atoms with van der Waals surface area (Å²) in [6, 6.07) is 13.5. The van der Waals surface area contributed by atoms with Crippen molar-refractivity contribution < 1.29 is 18.7 Å². The van der Waals surface area contributed by atoms with Gasteiger partial charge in [-0.15, -0.1) is 0 Å². The van der Waals surface area contributed by atoms with E-state index in [0.717, 1.165) is 11.1 Å². The zero-order valence-electron chi connectivity index (χ0n) is 13.5. The van der Waals surface area contributed by atoms with Crippen LogP contribution in [-0.4, -0.2) is 11.6 Å². The highest BCUT2D eigenvalue weighted by molar-refractivity contribution is 6.01. The molecule has 2 aromatic rings. The van der Waals surface area contributed by atoms with E-state index in [1.807, 2.05) is 24.3 Å². The molecule has 0 saturated heterocycles. The Labute approximate surface area is 139 Å². The third-order valence-electron chi connectivity index (χ3n) is 4.13. The Balaban J connectivity index is 2.11. The minimum atomic E-state index is -0.886. The molecule has 0 spiro atoms. The molecule has 2 aromatic carbocycles. The first kappa shape index (κ1) is 16.1. The molecule has 0 aliphatic carbocycles. The molecule has 3 rings (SSSR count). The molecule has 0 amide bonds. The summed E-state index contributed by atoms with van der Waals surface area (Å²) in [5.41, 5.74) is 2.22. The maximum Gasteiger partial charge on any atom is 0.144 e. The normalized spacial score (nSPS) is 16.2. The second kappa shape index (κ2) is 6.40. The van der Waals surface area contributed by atoms with E-state index in [0.29, 0.717) is 11.3 Å². The molecule has 0 aromatic heterocycles. The Morgan fingerprint density at radius 3 is 2.42 bits per heavy atom. The van der Waals surface area contributed by atoms with E-state index in [-0.39, 0.29) is 17.4 Å². The number of rotatable bonds is 4. The summed E-state index contributed by atoms with van der Waals surface area (Å²) >= 11 is 0. The summed E-state index contributed by atoms with van der Waals surface area (Å²) in [4.78, 5) is 24.0. The lowest BCUT2D eigenvalue weighted by Gasteiger charge is -2.31. The van der Waals surface area contributed by atoms with Crippen LogP contribution < -0.4 is 0 Å². The van der Waals surface area contributed by atoms with E-state index in [4.69, 9.17) is 4.74 Å². The number of ketones is 2. The molecule has 1 aliphatic rings. The second-order valence-corrected chi connectivity index (χ2v) is 5.89. The van der Waals surface area contributed by atoms with Crippen molar-refractivity contribution in [3.63, 3.8) is 0 Å². The summed E-state index contributed by atoms with van der Waals surface area (Å²) in [5.74, 6) is -1.30. The molecule has 24 heavy (non-hydrogen) atoms. The first-order valence-electron chi connectivity index (χ1n) is 7.71. The number of ether oxygens (including phenoxy) is 1. The van der Waals surface area contributed by atoms with Gasteiger partial charge in [-0.1, -0.05) is 36.4 Å². The minimum Gasteiger partial charge on any atom is -0.484 e. The van der Waals surface area contributed by atoms with Crippen molar-refractivity contribution in [2.45, 2.75) is 20.0 Å². The van der Waals surface area contributed by atoms with Gasteiger partial charge in [0.15, 0.2) is 0 Å². The molecule has 0 fully saturated rings. The molecule has 3 nitrogen and oxygen atoms in total. The van der Waals surface area contributed by atoms with Gasteiger partial charge in [0.2, 0.25) is 0 Å². The van der Waals surface area contributed by atoms with Crippen LogP contribution in [0.3, 0.4) is 0 Å². The summed E-state index contributed by atoms with van der Waals surface area (Å²) < 4.78 is 19.5. The Bertz CT molecular complexity index is 824. The van der Waals surface area contributed by atoms with E-state index in [1.165, 1.54) is 26.0 Å². The zero-order chi connectivity index (χ0) is 17.3. The molecule has 1 aliphatic heterocycles. The Morgan fingerprint density at radius 1 is 1.04 bits per heavy atom. The highest BCUT2D eigenvalue weighted by Crippen LogP contribution is 2.40. The van der Waals surface area contributed by atoms with Gasteiger partial charge in [0, 0.05) is 11.1 Å². The molecule has 4 heteroatoms. The highest BCUT2D eigenvalue weighted by Gasteiger charge is 2.36. The van der Waals surface area contributed by atoms with E-state index in [2.05, 4.69) is 0 Å². The number of hydrogen-bond donors (Lipinski definition) is 0. The van der Waals surface area contributed by atoms with E-state index >= 15 is 0 Å². The molecule has 122 valence electrons. The smallest absolute Gasteiger partial charge is 0.144 e. The maximum atomic E-state index is 13.5. The average Bonchev–Trinajstić information content (AvgIpc) is 2.54. The van der Waals surface area contributed by atoms with Crippen LogP contribution in [0, 0.1) is 11.7 Å². The van der Waals surface area contributed by atoms with Gasteiger partial charge in [-0.05, 0) is 37.6 Å². The number of hydrogen-bond acceptors (Lipinski definition) is 3. The molecular weight excluding hydrogens is 307 g/mol. The molecular formula is C20H17FO3. The van der Waals surface area contributed by atoms with Crippen molar-refractivity contribution in [1.29, 1.82) is 0 Å². The first-order valence-corrected chi connectivity index (χ1v) is 7.71. The number of Topliss-reactive ketones (excluding diaryl/α,β-unsaturated/α-hetero) is 2. The molecule has 1 atom stereocenters. The SMILES string of the molecule is CC(=O)C(C(C)=O)[C@H]1OC(c2cccc(F)c2)=Cc2ccccc21. The number of carbonyl (C=O) groups excluding carboxylic acids is 2. The Kier molecular flexibility index (Phi) is 4.30. The van der Waals surface area contributed by atoms with E-state index in [9.17, 15) is 14.0 Å². The van der Waals surface area contributed by atoms with Crippen LogP contribution in [0.2, 0.25) is 0 Å². The first-order chi connectivity index (χ1) is 11.5. The van der Waals surface area contributed by atoms with Gasteiger partial charge < -0.3 is 4.74 Å². The quantitative estimate of drug-likeness (QED) is 0.792. The molecule has 0 unspecified atom stereocenters. The number of halogens is 1. The molecule has 0 radical (unpaired) electrons. The van der Waals surface area contributed by atoms with Crippen molar-refractivity contribution in [3.8, 4) is 0 Å². The summed E-state index contributed by atoms with van der Waals surface area (Å²) in [6.45, 7) is 2.77. The third-order valence-corrected chi connectivity index (χ3v) is 4.13. The largest absolute Gasteiger partial charge is 0.484 e. The number of fused-ring (bicyclic) bond motifs is 1. The van der Waals surface area contributed by atoms with Crippen molar-refractivity contribution in [2.75, 3.05) is 0 Å². The van der Waals surface area contributed by atoms with Gasteiger partial charge >= 0.3 is 0 Å². The zero-order valence-corrected chi connectivity index (χ0v) is 13.5. The van der Waals surface area contributed by atoms with Crippen LogP contribution in [0.15, 0.2) is 48.5 Å². The summed E-state index contributed by atoms with van der Waals surface area (Å²) in [5, 5.41) is 0. The summed E-state index contributed by atoms with van der Waals surface area (Å²) in [7, 11) is 0. The van der Waals surface area contributed by atoms with Crippen LogP contribution in [0.4, 0.5) is 4.39 Å². The van der Waals surface area contributed by atoms with Crippen LogP contribution in [-0.2, 0) is 14.3 Å². The standard InChI is InChI=1S/C20H17FO3/c1-12(22)19(13(2)23)20-17-9-4-3-6-14(17)11-18(24-20)15-7-5-8-16(21)10-15/h3-11,19-20H,1-2H3/t20-/m0/s1. The fourth-order valence-corrected chi connectivity index (χ4v) is 3.03.